The van der Waals surface area contributed by atoms with Gasteiger partial charge in [0, 0.05) is 6.20 Å². The number of pyridine rings is 1. The molecular weight excluding hydrogens is 359 g/mol. The molecule has 0 aliphatic rings. The van der Waals surface area contributed by atoms with Crippen LogP contribution in [0.4, 0.5) is 0 Å². The number of carbonyl (C=O) groups excluding carboxylic acids is 1. The highest BCUT2D eigenvalue weighted by Gasteiger charge is 2.15. The fourth-order valence-electron chi connectivity index (χ4n) is 1.32. The van der Waals surface area contributed by atoms with Crippen LogP contribution in [0.15, 0.2) is 33.5 Å². The van der Waals surface area contributed by atoms with E-state index in [2.05, 4.69) is 36.8 Å². The van der Waals surface area contributed by atoms with Gasteiger partial charge < -0.3 is 0 Å². The lowest BCUT2D eigenvalue weighted by Crippen LogP contribution is -2.02. The average molecular weight is 364 g/mol. The van der Waals surface area contributed by atoms with Crippen molar-refractivity contribution in [3.05, 3.63) is 44.2 Å². The number of aldehydes is 1. The second-order valence-electron chi connectivity index (χ2n) is 2.97. The molecule has 3 nitrogen and oxygen atoms in total. The Morgan fingerprint density at radius 3 is 2.81 bits per heavy atom. The van der Waals surface area contributed by atoms with Crippen LogP contribution in [0.5, 0.6) is 0 Å². The molecule has 16 heavy (non-hydrogen) atoms. The fraction of sp³-hybridized carbons (Fsp3) is 0. The first-order chi connectivity index (χ1) is 7.65. The maximum atomic E-state index is 10.9. The number of halogens is 3. The first-order valence-electron chi connectivity index (χ1n) is 4.28. The number of nitrogens with zero attached hydrogens (tertiary/aromatic N) is 2. The normalized spacial score (nSPS) is 10.4. The van der Waals surface area contributed by atoms with Gasteiger partial charge in [0.1, 0.15) is 4.60 Å². The molecule has 0 bridgehead atoms. The molecule has 2 heterocycles. The molecule has 82 valence electrons. The molecule has 0 saturated carbocycles. The molecule has 0 fully saturated rings. The largest absolute Gasteiger partial charge is 0.296 e. The highest BCUT2D eigenvalue weighted by atomic mass is 79.9. The van der Waals surface area contributed by atoms with Crippen molar-refractivity contribution in [2.45, 2.75) is 0 Å². The molecule has 0 aromatic carbocycles. The molecule has 0 atom stereocenters. The lowest BCUT2D eigenvalue weighted by molar-refractivity contribution is 0.111. The molecule has 0 aliphatic heterocycles. The van der Waals surface area contributed by atoms with Crippen LogP contribution in [0.25, 0.3) is 5.82 Å². The van der Waals surface area contributed by atoms with E-state index < -0.39 is 0 Å². The van der Waals surface area contributed by atoms with Gasteiger partial charge in [0.2, 0.25) is 0 Å². The van der Waals surface area contributed by atoms with Crippen molar-refractivity contribution in [1.29, 1.82) is 0 Å². The van der Waals surface area contributed by atoms with Crippen LogP contribution < -0.4 is 0 Å². The zero-order valence-corrected chi connectivity index (χ0v) is 11.8. The molecule has 0 amide bonds. The summed E-state index contributed by atoms with van der Waals surface area (Å²) in [7, 11) is 0. The predicted octanol–water partition coefficient (Wildman–Crippen LogP) is 3.86. The molecule has 0 saturated heterocycles. The Kier molecular flexibility index (Phi) is 3.47. The SMILES string of the molecule is O=Cc1cc(Br)c(Br)n1-c1ncccc1Cl. The molecule has 0 N–H and O–H groups in total. The molecule has 0 radical (unpaired) electrons. The Morgan fingerprint density at radius 2 is 2.19 bits per heavy atom. The Balaban J connectivity index is 2.73. The Bertz CT molecular complexity index is 554. The summed E-state index contributed by atoms with van der Waals surface area (Å²) in [5.74, 6) is 0.517. The quantitative estimate of drug-likeness (QED) is 0.759. The van der Waals surface area contributed by atoms with Crippen molar-refractivity contribution in [2.75, 3.05) is 0 Å². The van der Waals surface area contributed by atoms with Gasteiger partial charge in [-0.1, -0.05) is 11.6 Å². The topological polar surface area (TPSA) is 34.9 Å². The molecule has 6 heteroatoms. The minimum Gasteiger partial charge on any atom is -0.296 e. The summed E-state index contributed by atoms with van der Waals surface area (Å²) < 4.78 is 3.12. The Morgan fingerprint density at radius 1 is 1.44 bits per heavy atom. The smallest absolute Gasteiger partial charge is 0.166 e. The lowest BCUT2D eigenvalue weighted by atomic mass is 10.4. The number of aromatic nitrogens is 2. The van der Waals surface area contributed by atoms with Crippen LogP contribution in [-0.4, -0.2) is 15.8 Å². The molecule has 2 aromatic rings. The van der Waals surface area contributed by atoms with Crippen molar-refractivity contribution in [3.63, 3.8) is 0 Å². The number of hydrogen-bond acceptors (Lipinski definition) is 2. The lowest BCUT2D eigenvalue weighted by Gasteiger charge is -2.07. The van der Waals surface area contributed by atoms with Crippen molar-refractivity contribution in [3.8, 4) is 5.82 Å². The van der Waals surface area contributed by atoms with E-state index >= 15 is 0 Å². The van der Waals surface area contributed by atoms with E-state index in [1.807, 2.05) is 0 Å². The summed E-state index contributed by atoms with van der Waals surface area (Å²) in [6.45, 7) is 0. The average Bonchev–Trinajstić information content (AvgIpc) is 2.56. The van der Waals surface area contributed by atoms with Crippen LogP contribution in [0.2, 0.25) is 5.02 Å². The monoisotopic (exact) mass is 362 g/mol. The Hall–Kier alpha value is -0.650. The van der Waals surface area contributed by atoms with E-state index in [4.69, 9.17) is 11.6 Å². The third-order valence-electron chi connectivity index (χ3n) is 2.00. The Labute approximate surface area is 114 Å². The summed E-state index contributed by atoms with van der Waals surface area (Å²) in [6.07, 6.45) is 2.37. The second kappa shape index (κ2) is 4.69. The minimum absolute atomic E-state index is 0.472. The number of rotatable bonds is 2. The predicted molar refractivity (Wildman–Crippen MR) is 69.4 cm³/mol. The van der Waals surface area contributed by atoms with Gasteiger partial charge in [-0.05, 0) is 50.1 Å². The van der Waals surface area contributed by atoms with Gasteiger partial charge in [-0.25, -0.2) is 4.98 Å². The van der Waals surface area contributed by atoms with Crippen LogP contribution >= 0.6 is 43.5 Å². The molecule has 2 aromatic heterocycles. The summed E-state index contributed by atoms with van der Waals surface area (Å²) in [4.78, 5) is 15.1. The first-order valence-corrected chi connectivity index (χ1v) is 6.24. The highest BCUT2D eigenvalue weighted by molar-refractivity contribution is 9.13. The third-order valence-corrected chi connectivity index (χ3v) is 4.21. The summed E-state index contributed by atoms with van der Waals surface area (Å²) in [6, 6.07) is 5.15. The van der Waals surface area contributed by atoms with Gasteiger partial charge in [0.15, 0.2) is 12.1 Å². The standard InChI is InChI=1S/C10H5Br2ClN2O/c11-7-4-6(5-16)15(9(7)12)10-8(13)2-1-3-14-10/h1-5H. The van der Waals surface area contributed by atoms with E-state index in [1.54, 1.807) is 29.0 Å². The highest BCUT2D eigenvalue weighted by Crippen LogP contribution is 2.31. The van der Waals surface area contributed by atoms with E-state index in [0.29, 0.717) is 21.1 Å². The number of hydrogen-bond donors (Lipinski definition) is 0. The van der Waals surface area contributed by atoms with Crippen LogP contribution in [-0.2, 0) is 0 Å². The van der Waals surface area contributed by atoms with Crippen molar-refractivity contribution >= 4 is 49.7 Å². The van der Waals surface area contributed by atoms with Gasteiger partial charge in [-0.3, -0.25) is 9.36 Å². The van der Waals surface area contributed by atoms with E-state index in [0.717, 1.165) is 10.8 Å². The van der Waals surface area contributed by atoms with Crippen LogP contribution in [0, 0.1) is 0 Å². The molecular formula is C10H5Br2ClN2O. The van der Waals surface area contributed by atoms with Crippen molar-refractivity contribution in [1.82, 2.24) is 9.55 Å². The van der Waals surface area contributed by atoms with Crippen molar-refractivity contribution < 1.29 is 4.79 Å². The number of carbonyl (C=O) groups is 1. The molecule has 0 aliphatic carbocycles. The van der Waals surface area contributed by atoms with Gasteiger partial charge >= 0.3 is 0 Å². The second-order valence-corrected chi connectivity index (χ2v) is 4.98. The van der Waals surface area contributed by atoms with Crippen molar-refractivity contribution in [2.24, 2.45) is 0 Å². The zero-order chi connectivity index (χ0) is 11.7. The van der Waals surface area contributed by atoms with E-state index in [1.165, 1.54) is 0 Å². The maximum absolute atomic E-state index is 10.9. The van der Waals surface area contributed by atoms with Crippen LogP contribution in [0.1, 0.15) is 10.5 Å². The minimum atomic E-state index is 0.472. The van der Waals surface area contributed by atoms with E-state index in [9.17, 15) is 4.79 Å². The van der Waals surface area contributed by atoms with Gasteiger partial charge in [0.05, 0.1) is 15.2 Å². The molecule has 0 spiro atoms. The fourth-order valence-corrected chi connectivity index (χ4v) is 2.42. The summed E-state index contributed by atoms with van der Waals surface area (Å²) in [5.41, 5.74) is 0.472. The van der Waals surface area contributed by atoms with Crippen LogP contribution in [0.3, 0.4) is 0 Å². The molecule has 2 rings (SSSR count). The first kappa shape index (κ1) is 11.8. The molecule has 0 unspecified atom stereocenters. The maximum Gasteiger partial charge on any atom is 0.166 e. The van der Waals surface area contributed by atoms with Gasteiger partial charge in [-0.2, -0.15) is 0 Å². The summed E-state index contributed by atoms with van der Waals surface area (Å²) in [5, 5.41) is 0.481. The zero-order valence-electron chi connectivity index (χ0n) is 7.82. The summed E-state index contributed by atoms with van der Waals surface area (Å²) >= 11 is 12.7. The third kappa shape index (κ3) is 1.95. The van der Waals surface area contributed by atoms with E-state index in [-0.39, 0.29) is 0 Å². The van der Waals surface area contributed by atoms with Gasteiger partial charge in [0.25, 0.3) is 0 Å². The van der Waals surface area contributed by atoms with Gasteiger partial charge in [-0.15, -0.1) is 0 Å².